The molecule has 0 bridgehead atoms. The van der Waals surface area contributed by atoms with Gasteiger partial charge in [0.1, 0.15) is 0 Å². The Morgan fingerprint density at radius 2 is 2.06 bits per heavy atom. The lowest BCUT2D eigenvalue weighted by atomic mass is 9.87. The Morgan fingerprint density at radius 1 is 1.38 bits per heavy atom. The fraction of sp³-hybridized carbons (Fsp3) is 0.583. The Bertz CT molecular complexity index is 362. The Labute approximate surface area is 110 Å². The number of pyridine rings is 1. The lowest BCUT2D eigenvalue weighted by Gasteiger charge is -2.27. The van der Waals surface area contributed by atoms with E-state index in [1.54, 1.807) is 6.20 Å². The van der Waals surface area contributed by atoms with E-state index < -0.39 is 0 Å². The Balaban J connectivity index is 2.00. The van der Waals surface area contributed by atoms with Crippen molar-refractivity contribution in [3.05, 3.63) is 21.9 Å². The molecule has 2 nitrogen and oxygen atoms in total. The van der Waals surface area contributed by atoms with Crippen molar-refractivity contribution in [3.63, 3.8) is 0 Å². The van der Waals surface area contributed by atoms with Crippen LogP contribution < -0.4 is 5.32 Å². The third-order valence-corrected chi connectivity index (χ3v) is 3.92. The molecule has 2 rings (SSSR count). The molecule has 1 aliphatic carbocycles. The molecule has 1 fully saturated rings. The molecule has 1 heterocycles. The molecular weight excluding hydrogens is 288 g/mol. The zero-order valence-corrected chi connectivity index (χ0v) is 11.7. The maximum absolute atomic E-state index is 6.05. The second kappa shape index (κ2) is 5.37. The Hall–Kier alpha value is -0.280. The van der Waals surface area contributed by atoms with Crippen molar-refractivity contribution in [2.75, 3.05) is 5.32 Å². The topological polar surface area (TPSA) is 24.9 Å². The molecule has 1 saturated carbocycles. The molecule has 1 N–H and O–H groups in total. The van der Waals surface area contributed by atoms with Gasteiger partial charge in [-0.2, -0.15) is 0 Å². The molecule has 0 saturated heterocycles. The minimum Gasteiger partial charge on any atom is -0.380 e. The highest BCUT2D eigenvalue weighted by Crippen LogP contribution is 2.29. The summed E-state index contributed by atoms with van der Waals surface area (Å²) in [5, 5.41) is 4.04. The number of anilines is 1. The summed E-state index contributed by atoms with van der Waals surface area (Å²) >= 11 is 9.46. The molecule has 0 amide bonds. The monoisotopic (exact) mass is 302 g/mol. The molecule has 0 atom stereocenters. The van der Waals surface area contributed by atoms with Gasteiger partial charge in [-0.1, -0.05) is 18.5 Å². The summed E-state index contributed by atoms with van der Waals surface area (Å²) in [4.78, 5) is 4.12. The normalized spacial score (nSPS) is 25.4. The van der Waals surface area contributed by atoms with Crippen LogP contribution in [0.1, 0.15) is 32.6 Å². The van der Waals surface area contributed by atoms with E-state index >= 15 is 0 Å². The predicted octanol–water partition coefficient (Wildman–Crippen LogP) is 4.49. The first-order valence-electron chi connectivity index (χ1n) is 5.72. The van der Waals surface area contributed by atoms with Gasteiger partial charge in [-0.15, -0.1) is 0 Å². The van der Waals surface area contributed by atoms with Gasteiger partial charge in [0.15, 0.2) is 5.15 Å². The van der Waals surface area contributed by atoms with E-state index in [1.165, 1.54) is 25.7 Å². The Morgan fingerprint density at radius 3 is 2.75 bits per heavy atom. The summed E-state index contributed by atoms with van der Waals surface area (Å²) in [6.45, 7) is 2.32. The van der Waals surface area contributed by atoms with Crippen LogP contribution in [0.5, 0.6) is 0 Å². The number of nitrogens with one attached hydrogen (secondary N) is 1. The molecule has 1 aromatic rings. The maximum atomic E-state index is 6.05. The van der Waals surface area contributed by atoms with E-state index in [2.05, 4.69) is 33.2 Å². The molecule has 88 valence electrons. The summed E-state index contributed by atoms with van der Waals surface area (Å²) < 4.78 is 0.962. The van der Waals surface area contributed by atoms with Crippen LogP contribution in [-0.2, 0) is 0 Å². The van der Waals surface area contributed by atoms with Crippen LogP contribution in [0.4, 0.5) is 5.69 Å². The minimum atomic E-state index is 0.546. The molecule has 0 aliphatic heterocycles. The molecule has 0 spiro atoms. The largest absolute Gasteiger partial charge is 0.380 e. The summed E-state index contributed by atoms with van der Waals surface area (Å²) in [5.74, 6) is 0.870. The van der Waals surface area contributed by atoms with Crippen molar-refractivity contribution in [2.24, 2.45) is 5.92 Å². The van der Waals surface area contributed by atoms with E-state index in [0.717, 1.165) is 16.1 Å². The van der Waals surface area contributed by atoms with Crippen LogP contribution in [0.25, 0.3) is 0 Å². The van der Waals surface area contributed by atoms with Gasteiger partial charge < -0.3 is 5.32 Å². The van der Waals surface area contributed by atoms with E-state index in [9.17, 15) is 0 Å². The predicted molar refractivity (Wildman–Crippen MR) is 72.0 cm³/mol. The van der Waals surface area contributed by atoms with Gasteiger partial charge in [-0.05, 0) is 53.6 Å². The van der Waals surface area contributed by atoms with E-state index in [4.69, 9.17) is 11.6 Å². The minimum absolute atomic E-state index is 0.546. The molecule has 1 aromatic heterocycles. The second-order valence-corrected chi connectivity index (χ2v) is 5.87. The number of rotatable bonds is 2. The van der Waals surface area contributed by atoms with E-state index in [0.29, 0.717) is 11.2 Å². The number of aromatic nitrogens is 1. The van der Waals surface area contributed by atoms with Gasteiger partial charge in [0, 0.05) is 16.7 Å². The first-order chi connectivity index (χ1) is 7.65. The van der Waals surface area contributed by atoms with Crippen molar-refractivity contribution in [1.29, 1.82) is 0 Å². The first-order valence-corrected chi connectivity index (χ1v) is 6.90. The smallest absolute Gasteiger partial charge is 0.152 e. The fourth-order valence-corrected chi connectivity index (χ4v) is 2.64. The summed E-state index contributed by atoms with van der Waals surface area (Å²) in [6, 6.07) is 2.54. The van der Waals surface area contributed by atoms with Gasteiger partial charge >= 0.3 is 0 Å². The average Bonchev–Trinajstić information content (AvgIpc) is 2.27. The highest BCUT2D eigenvalue weighted by atomic mass is 79.9. The van der Waals surface area contributed by atoms with Gasteiger partial charge in [0.25, 0.3) is 0 Å². The lowest BCUT2D eigenvalue weighted by molar-refractivity contribution is 0.361. The van der Waals surface area contributed by atoms with Crippen molar-refractivity contribution in [3.8, 4) is 0 Å². The van der Waals surface area contributed by atoms with Crippen LogP contribution in [-0.4, -0.2) is 11.0 Å². The molecule has 0 radical (unpaired) electrons. The number of nitrogens with zero attached hydrogens (tertiary/aromatic N) is 1. The van der Waals surface area contributed by atoms with Crippen LogP contribution in [0.2, 0.25) is 5.15 Å². The number of hydrogen-bond donors (Lipinski definition) is 1. The standard InChI is InChI=1S/C12H16BrClN2/c1-8-2-4-10(5-3-8)16-11-6-9(13)7-15-12(11)14/h6-8,10,16H,2-5H2,1H3. The quantitative estimate of drug-likeness (QED) is 0.814. The zero-order valence-electron chi connectivity index (χ0n) is 9.34. The highest BCUT2D eigenvalue weighted by molar-refractivity contribution is 9.10. The zero-order chi connectivity index (χ0) is 11.5. The van der Waals surface area contributed by atoms with Gasteiger partial charge in [-0.3, -0.25) is 0 Å². The maximum Gasteiger partial charge on any atom is 0.152 e. The second-order valence-electron chi connectivity index (χ2n) is 4.59. The molecule has 0 unspecified atom stereocenters. The molecule has 4 heteroatoms. The lowest BCUT2D eigenvalue weighted by Crippen LogP contribution is -2.25. The SMILES string of the molecule is CC1CCC(Nc2cc(Br)cnc2Cl)CC1. The summed E-state index contributed by atoms with van der Waals surface area (Å²) in [5.41, 5.74) is 0.940. The molecule has 16 heavy (non-hydrogen) atoms. The first kappa shape index (κ1) is 12.2. The van der Waals surface area contributed by atoms with Crippen LogP contribution in [0, 0.1) is 5.92 Å². The number of halogens is 2. The third-order valence-electron chi connectivity index (χ3n) is 3.18. The van der Waals surface area contributed by atoms with E-state index in [-0.39, 0.29) is 0 Å². The van der Waals surface area contributed by atoms with Crippen molar-refractivity contribution >= 4 is 33.2 Å². The third kappa shape index (κ3) is 3.11. The number of hydrogen-bond acceptors (Lipinski definition) is 2. The molecule has 0 aromatic carbocycles. The summed E-state index contributed by atoms with van der Waals surface area (Å²) in [7, 11) is 0. The summed E-state index contributed by atoms with van der Waals surface area (Å²) in [6.07, 6.45) is 6.78. The van der Waals surface area contributed by atoms with Gasteiger partial charge in [0.2, 0.25) is 0 Å². The van der Waals surface area contributed by atoms with Crippen LogP contribution in [0.15, 0.2) is 16.7 Å². The van der Waals surface area contributed by atoms with E-state index in [1.807, 2.05) is 6.07 Å². The Kier molecular flexibility index (Phi) is 4.09. The average molecular weight is 304 g/mol. The van der Waals surface area contributed by atoms with Crippen molar-refractivity contribution < 1.29 is 0 Å². The fourth-order valence-electron chi connectivity index (χ4n) is 2.15. The van der Waals surface area contributed by atoms with Crippen LogP contribution in [0.3, 0.4) is 0 Å². The molecular formula is C12H16BrClN2. The van der Waals surface area contributed by atoms with Gasteiger partial charge in [-0.25, -0.2) is 4.98 Å². The highest BCUT2D eigenvalue weighted by Gasteiger charge is 2.18. The van der Waals surface area contributed by atoms with Crippen LogP contribution >= 0.6 is 27.5 Å². The van der Waals surface area contributed by atoms with Crippen molar-refractivity contribution in [1.82, 2.24) is 4.98 Å². The molecule has 1 aliphatic rings. The van der Waals surface area contributed by atoms with Gasteiger partial charge in [0.05, 0.1) is 5.69 Å². The van der Waals surface area contributed by atoms with Crippen molar-refractivity contribution in [2.45, 2.75) is 38.6 Å².